The third-order valence-electron chi connectivity index (χ3n) is 3.22. The van der Waals surface area contributed by atoms with E-state index in [1.807, 2.05) is 43.3 Å². The molecule has 0 aromatic heterocycles. The summed E-state index contributed by atoms with van der Waals surface area (Å²) < 4.78 is 11.1. The molecule has 0 saturated heterocycles. The number of ether oxygens (including phenoxy) is 2. The highest BCUT2D eigenvalue weighted by Gasteiger charge is 2.13. The monoisotopic (exact) mass is 251 g/mol. The number of nitriles is 1. The van der Waals surface area contributed by atoms with Crippen LogP contribution in [-0.4, -0.2) is 13.2 Å². The molecular formula is C16H13NO2. The Bertz CT molecular complexity index is 671. The van der Waals surface area contributed by atoms with Crippen molar-refractivity contribution in [3.63, 3.8) is 0 Å². The number of hydrogen-bond donors (Lipinski definition) is 0. The quantitative estimate of drug-likeness (QED) is 0.781. The fraction of sp³-hybridized carbons (Fsp3) is 0.188. The molecule has 0 bridgehead atoms. The second-order valence-corrected chi connectivity index (χ2v) is 4.50. The lowest BCUT2D eigenvalue weighted by atomic mass is 9.98. The second kappa shape index (κ2) is 4.66. The van der Waals surface area contributed by atoms with Crippen molar-refractivity contribution in [3.8, 4) is 28.7 Å². The van der Waals surface area contributed by atoms with Gasteiger partial charge in [-0.15, -0.1) is 0 Å². The van der Waals surface area contributed by atoms with Crippen molar-refractivity contribution in [2.75, 3.05) is 13.2 Å². The molecule has 0 aliphatic carbocycles. The smallest absolute Gasteiger partial charge is 0.161 e. The van der Waals surface area contributed by atoms with Gasteiger partial charge in [0.2, 0.25) is 0 Å². The molecule has 0 amide bonds. The Morgan fingerprint density at radius 2 is 1.79 bits per heavy atom. The van der Waals surface area contributed by atoms with Gasteiger partial charge in [0.15, 0.2) is 11.5 Å². The summed E-state index contributed by atoms with van der Waals surface area (Å²) in [4.78, 5) is 0. The van der Waals surface area contributed by atoms with Crippen molar-refractivity contribution in [2.24, 2.45) is 0 Å². The third kappa shape index (κ3) is 2.13. The number of nitrogens with zero attached hydrogens (tertiary/aromatic N) is 1. The molecular weight excluding hydrogens is 238 g/mol. The molecule has 0 unspecified atom stereocenters. The molecule has 0 fully saturated rings. The van der Waals surface area contributed by atoms with Crippen LogP contribution in [0.1, 0.15) is 11.1 Å². The summed E-state index contributed by atoms with van der Waals surface area (Å²) >= 11 is 0. The van der Waals surface area contributed by atoms with Gasteiger partial charge in [0.25, 0.3) is 0 Å². The second-order valence-electron chi connectivity index (χ2n) is 4.50. The number of aryl methyl sites for hydroxylation is 1. The van der Waals surface area contributed by atoms with Crippen molar-refractivity contribution in [3.05, 3.63) is 47.5 Å². The van der Waals surface area contributed by atoms with Crippen LogP contribution in [0, 0.1) is 18.3 Å². The summed E-state index contributed by atoms with van der Waals surface area (Å²) in [6.07, 6.45) is 0. The van der Waals surface area contributed by atoms with Crippen LogP contribution in [0.2, 0.25) is 0 Å². The lowest BCUT2D eigenvalue weighted by Crippen LogP contribution is -2.15. The lowest BCUT2D eigenvalue weighted by molar-refractivity contribution is 0.171. The standard InChI is InChI=1S/C16H13NO2/c1-11-2-3-12(10-17)8-14(11)13-4-5-15-16(9-13)19-7-6-18-15/h2-5,8-9H,6-7H2,1H3. The molecule has 0 atom stereocenters. The zero-order valence-corrected chi connectivity index (χ0v) is 10.6. The molecule has 3 heteroatoms. The van der Waals surface area contributed by atoms with E-state index >= 15 is 0 Å². The maximum atomic E-state index is 9.00. The van der Waals surface area contributed by atoms with Gasteiger partial charge in [0.05, 0.1) is 11.6 Å². The number of fused-ring (bicyclic) bond motifs is 1. The molecule has 3 nitrogen and oxygen atoms in total. The molecule has 0 radical (unpaired) electrons. The number of rotatable bonds is 1. The zero-order chi connectivity index (χ0) is 13.2. The highest BCUT2D eigenvalue weighted by molar-refractivity contribution is 5.71. The summed E-state index contributed by atoms with van der Waals surface area (Å²) in [6.45, 7) is 3.20. The minimum absolute atomic E-state index is 0.577. The van der Waals surface area contributed by atoms with Crippen LogP contribution in [0.4, 0.5) is 0 Å². The lowest BCUT2D eigenvalue weighted by Gasteiger charge is -2.19. The molecule has 94 valence electrons. The fourth-order valence-corrected chi connectivity index (χ4v) is 2.21. The van der Waals surface area contributed by atoms with E-state index in [4.69, 9.17) is 14.7 Å². The predicted molar refractivity (Wildman–Crippen MR) is 72.3 cm³/mol. The average molecular weight is 251 g/mol. The molecule has 0 spiro atoms. The Labute approximate surface area is 112 Å². The van der Waals surface area contributed by atoms with E-state index in [1.165, 1.54) is 0 Å². The Kier molecular flexibility index (Phi) is 2.85. The normalized spacial score (nSPS) is 12.8. The first-order valence-corrected chi connectivity index (χ1v) is 6.19. The van der Waals surface area contributed by atoms with Crippen LogP contribution in [0.3, 0.4) is 0 Å². The van der Waals surface area contributed by atoms with Crippen molar-refractivity contribution in [1.82, 2.24) is 0 Å². The largest absolute Gasteiger partial charge is 0.486 e. The molecule has 1 heterocycles. The molecule has 1 aliphatic heterocycles. The van der Waals surface area contributed by atoms with Gasteiger partial charge in [0, 0.05) is 0 Å². The molecule has 0 N–H and O–H groups in total. The fourth-order valence-electron chi connectivity index (χ4n) is 2.21. The van der Waals surface area contributed by atoms with Gasteiger partial charge < -0.3 is 9.47 Å². The Balaban J connectivity index is 2.09. The van der Waals surface area contributed by atoms with Gasteiger partial charge in [-0.1, -0.05) is 12.1 Å². The van der Waals surface area contributed by atoms with Crippen LogP contribution in [-0.2, 0) is 0 Å². The topological polar surface area (TPSA) is 42.2 Å². The van der Waals surface area contributed by atoms with Crippen molar-refractivity contribution in [2.45, 2.75) is 6.92 Å². The Morgan fingerprint density at radius 3 is 2.58 bits per heavy atom. The van der Waals surface area contributed by atoms with E-state index in [0.717, 1.165) is 28.2 Å². The van der Waals surface area contributed by atoms with Crippen molar-refractivity contribution >= 4 is 0 Å². The molecule has 0 saturated carbocycles. The Hall–Kier alpha value is -2.47. The van der Waals surface area contributed by atoms with Gasteiger partial charge in [-0.3, -0.25) is 0 Å². The van der Waals surface area contributed by atoms with Crippen LogP contribution < -0.4 is 9.47 Å². The molecule has 19 heavy (non-hydrogen) atoms. The predicted octanol–water partition coefficient (Wildman–Crippen LogP) is 3.30. The van der Waals surface area contributed by atoms with E-state index in [1.54, 1.807) is 0 Å². The van der Waals surface area contributed by atoms with E-state index in [0.29, 0.717) is 18.8 Å². The van der Waals surface area contributed by atoms with Gasteiger partial charge in [-0.2, -0.15) is 5.26 Å². The van der Waals surface area contributed by atoms with Gasteiger partial charge in [0.1, 0.15) is 13.2 Å². The first kappa shape index (κ1) is 11.6. The van der Waals surface area contributed by atoms with Gasteiger partial charge >= 0.3 is 0 Å². The SMILES string of the molecule is Cc1ccc(C#N)cc1-c1ccc2c(c1)OCCO2. The summed E-state index contributed by atoms with van der Waals surface area (Å²) in [5, 5.41) is 9.00. The minimum atomic E-state index is 0.577. The van der Waals surface area contributed by atoms with Crippen molar-refractivity contribution < 1.29 is 9.47 Å². The third-order valence-corrected chi connectivity index (χ3v) is 3.22. The van der Waals surface area contributed by atoms with Crippen LogP contribution in [0.5, 0.6) is 11.5 Å². The van der Waals surface area contributed by atoms with E-state index in [-0.39, 0.29) is 0 Å². The highest BCUT2D eigenvalue weighted by atomic mass is 16.6. The highest BCUT2D eigenvalue weighted by Crippen LogP contribution is 2.35. The molecule has 1 aliphatic rings. The zero-order valence-electron chi connectivity index (χ0n) is 10.6. The van der Waals surface area contributed by atoms with Crippen LogP contribution >= 0.6 is 0 Å². The first-order chi connectivity index (χ1) is 9.28. The van der Waals surface area contributed by atoms with Gasteiger partial charge in [-0.05, 0) is 47.9 Å². The van der Waals surface area contributed by atoms with Crippen LogP contribution in [0.25, 0.3) is 11.1 Å². The van der Waals surface area contributed by atoms with E-state index in [9.17, 15) is 0 Å². The minimum Gasteiger partial charge on any atom is -0.486 e. The molecule has 2 aromatic rings. The average Bonchev–Trinajstić information content (AvgIpc) is 2.47. The molecule has 3 rings (SSSR count). The van der Waals surface area contributed by atoms with Gasteiger partial charge in [-0.25, -0.2) is 0 Å². The summed E-state index contributed by atoms with van der Waals surface area (Å²) in [5.41, 5.74) is 3.89. The van der Waals surface area contributed by atoms with E-state index < -0.39 is 0 Å². The Morgan fingerprint density at radius 1 is 1.00 bits per heavy atom. The number of benzene rings is 2. The molecule has 2 aromatic carbocycles. The van der Waals surface area contributed by atoms with Crippen LogP contribution in [0.15, 0.2) is 36.4 Å². The maximum absolute atomic E-state index is 9.00. The van der Waals surface area contributed by atoms with Crippen molar-refractivity contribution in [1.29, 1.82) is 5.26 Å². The van der Waals surface area contributed by atoms with E-state index in [2.05, 4.69) is 6.07 Å². The summed E-state index contributed by atoms with van der Waals surface area (Å²) in [5.74, 6) is 1.55. The summed E-state index contributed by atoms with van der Waals surface area (Å²) in [6, 6.07) is 13.8. The summed E-state index contributed by atoms with van der Waals surface area (Å²) in [7, 11) is 0. The number of hydrogen-bond acceptors (Lipinski definition) is 3. The maximum Gasteiger partial charge on any atom is 0.161 e. The first-order valence-electron chi connectivity index (χ1n) is 6.19.